The van der Waals surface area contributed by atoms with Crippen LogP contribution in [0, 0.1) is 5.82 Å². The number of hydrogen-bond acceptors (Lipinski definition) is 5. The topological polar surface area (TPSA) is 80.1 Å². The molecule has 1 saturated heterocycles. The molecule has 1 unspecified atom stereocenters. The normalized spacial score (nSPS) is 18.7. The van der Waals surface area contributed by atoms with Crippen molar-refractivity contribution in [3.63, 3.8) is 0 Å². The van der Waals surface area contributed by atoms with Crippen LogP contribution >= 0.6 is 0 Å². The lowest BCUT2D eigenvalue weighted by molar-refractivity contribution is -0.134. The van der Waals surface area contributed by atoms with E-state index < -0.39 is 5.82 Å². The first kappa shape index (κ1) is 19.2. The van der Waals surface area contributed by atoms with Crippen LogP contribution in [0.15, 0.2) is 34.9 Å². The van der Waals surface area contributed by atoms with Crippen molar-refractivity contribution in [3.8, 4) is 5.75 Å². The molecule has 1 aromatic heterocycles. The number of piperazine rings is 1. The summed E-state index contributed by atoms with van der Waals surface area (Å²) in [5.41, 5.74) is 0.615. The molecule has 0 saturated carbocycles. The van der Waals surface area contributed by atoms with Gasteiger partial charge in [-0.15, -0.1) is 0 Å². The number of fused-ring (bicyclic) bond motifs is 1. The van der Waals surface area contributed by atoms with E-state index >= 15 is 0 Å². The second-order valence-corrected chi connectivity index (χ2v) is 7.30. The van der Waals surface area contributed by atoms with Crippen molar-refractivity contribution in [2.45, 2.75) is 19.3 Å². The number of carbonyl (C=O) groups is 3. The molecule has 1 atom stereocenters. The Hall–Kier alpha value is -3.16. The quantitative estimate of drug-likeness (QED) is 0.788. The highest BCUT2D eigenvalue weighted by Gasteiger charge is 2.33. The Morgan fingerprint density at radius 2 is 1.90 bits per heavy atom. The van der Waals surface area contributed by atoms with Crippen LogP contribution in [-0.2, 0) is 4.79 Å². The summed E-state index contributed by atoms with van der Waals surface area (Å²) in [4.78, 5) is 40.2. The molecule has 2 aliphatic rings. The van der Waals surface area contributed by atoms with Crippen LogP contribution in [0.2, 0.25) is 0 Å². The van der Waals surface area contributed by atoms with Crippen LogP contribution in [0.4, 0.5) is 4.39 Å². The number of furan rings is 1. The molecule has 1 aliphatic heterocycles. The van der Waals surface area contributed by atoms with Gasteiger partial charge in [-0.2, -0.15) is 0 Å². The van der Waals surface area contributed by atoms with Gasteiger partial charge in [-0.1, -0.05) is 6.92 Å². The Bertz CT molecular complexity index is 948. The van der Waals surface area contributed by atoms with Gasteiger partial charge in [0, 0.05) is 38.2 Å². The molecule has 8 heteroatoms. The molecule has 2 aromatic rings. The Morgan fingerprint density at radius 1 is 1.17 bits per heavy atom. The monoisotopic (exact) mass is 400 g/mol. The van der Waals surface area contributed by atoms with E-state index in [0.717, 1.165) is 0 Å². The number of ether oxygens (including phenoxy) is 1. The maximum absolute atomic E-state index is 14.1. The number of carbonyl (C=O) groups excluding carboxylic acids is 3. The lowest BCUT2D eigenvalue weighted by Gasteiger charge is -2.34. The Morgan fingerprint density at radius 3 is 2.59 bits per heavy atom. The SMILES string of the molecule is CC1CC(=O)c2c(OCC(=O)N3CCN(C(=O)c4ccco4)CC3)ccc(F)c21. The second-order valence-electron chi connectivity index (χ2n) is 7.30. The summed E-state index contributed by atoms with van der Waals surface area (Å²) in [6.07, 6.45) is 1.69. The summed E-state index contributed by atoms with van der Waals surface area (Å²) in [5.74, 6) is -0.710. The smallest absolute Gasteiger partial charge is 0.289 e. The number of amides is 2. The number of rotatable bonds is 4. The molecule has 0 N–H and O–H groups in total. The predicted octanol–water partition coefficient (Wildman–Crippen LogP) is 2.47. The van der Waals surface area contributed by atoms with E-state index in [-0.39, 0.29) is 53.6 Å². The Kier molecular flexibility index (Phi) is 5.08. The van der Waals surface area contributed by atoms with E-state index in [1.165, 1.54) is 18.4 Å². The minimum atomic E-state index is -0.422. The average Bonchev–Trinajstić information content (AvgIpc) is 3.36. The third-order valence-electron chi connectivity index (χ3n) is 5.42. The molecule has 1 aromatic carbocycles. The molecular formula is C21H21FN2O5. The van der Waals surface area contributed by atoms with Gasteiger partial charge in [-0.3, -0.25) is 14.4 Å². The minimum absolute atomic E-state index is 0.167. The largest absolute Gasteiger partial charge is 0.483 e. The number of ketones is 1. The fourth-order valence-electron chi connectivity index (χ4n) is 3.89. The minimum Gasteiger partial charge on any atom is -0.483 e. The zero-order valence-electron chi connectivity index (χ0n) is 16.0. The molecule has 1 aliphatic carbocycles. The third kappa shape index (κ3) is 3.62. The van der Waals surface area contributed by atoms with Gasteiger partial charge in [-0.25, -0.2) is 4.39 Å². The summed E-state index contributed by atoms with van der Waals surface area (Å²) in [5, 5.41) is 0. The van der Waals surface area contributed by atoms with Crippen LogP contribution in [0.1, 0.15) is 45.7 Å². The number of Topliss-reactive ketones (excluding diaryl/α,β-unsaturated/α-hetero) is 1. The molecule has 0 radical (unpaired) electrons. The molecule has 1 fully saturated rings. The number of halogens is 1. The molecule has 0 bridgehead atoms. The molecular weight excluding hydrogens is 379 g/mol. The summed E-state index contributed by atoms with van der Waals surface area (Å²) in [6.45, 7) is 3.11. The first-order valence-electron chi connectivity index (χ1n) is 9.54. The van der Waals surface area contributed by atoms with E-state index in [1.807, 2.05) is 0 Å². The number of benzene rings is 1. The van der Waals surface area contributed by atoms with Crippen molar-refractivity contribution in [2.75, 3.05) is 32.8 Å². The fourth-order valence-corrected chi connectivity index (χ4v) is 3.89. The van der Waals surface area contributed by atoms with Gasteiger partial charge >= 0.3 is 0 Å². The molecule has 7 nitrogen and oxygen atoms in total. The van der Waals surface area contributed by atoms with Gasteiger partial charge in [0.05, 0.1) is 11.8 Å². The maximum Gasteiger partial charge on any atom is 0.289 e. The van der Waals surface area contributed by atoms with E-state index in [1.54, 1.807) is 28.9 Å². The fraction of sp³-hybridized carbons (Fsp3) is 0.381. The molecule has 4 rings (SSSR count). The summed E-state index contributed by atoms with van der Waals surface area (Å²) in [6, 6.07) is 5.93. The Balaban J connectivity index is 1.35. The van der Waals surface area contributed by atoms with Gasteiger partial charge in [-0.05, 0) is 30.2 Å². The predicted molar refractivity (Wildman–Crippen MR) is 100 cm³/mol. The highest BCUT2D eigenvalue weighted by Crippen LogP contribution is 2.39. The van der Waals surface area contributed by atoms with Gasteiger partial charge in [0.15, 0.2) is 18.2 Å². The average molecular weight is 400 g/mol. The van der Waals surface area contributed by atoms with Crippen molar-refractivity contribution >= 4 is 17.6 Å². The van der Waals surface area contributed by atoms with Crippen LogP contribution in [0.5, 0.6) is 5.75 Å². The first-order chi connectivity index (χ1) is 14.0. The lowest BCUT2D eigenvalue weighted by atomic mass is 10.0. The zero-order chi connectivity index (χ0) is 20.5. The van der Waals surface area contributed by atoms with Crippen molar-refractivity contribution in [3.05, 3.63) is 53.2 Å². The number of hydrogen-bond donors (Lipinski definition) is 0. The number of nitrogens with zero attached hydrogens (tertiary/aromatic N) is 2. The highest BCUT2D eigenvalue weighted by molar-refractivity contribution is 6.03. The van der Waals surface area contributed by atoms with E-state index in [4.69, 9.17) is 9.15 Å². The zero-order valence-corrected chi connectivity index (χ0v) is 16.0. The molecule has 0 spiro atoms. The highest BCUT2D eigenvalue weighted by atomic mass is 19.1. The van der Waals surface area contributed by atoms with Crippen LogP contribution < -0.4 is 4.74 Å². The first-order valence-corrected chi connectivity index (χ1v) is 9.54. The molecule has 2 amide bonds. The lowest BCUT2D eigenvalue weighted by Crippen LogP contribution is -2.51. The standard InChI is InChI=1S/C21H21FN2O5/c1-13-11-15(25)20-16(5-4-14(22)19(13)20)29-12-18(26)23-6-8-24(9-7-23)21(27)17-3-2-10-28-17/h2-5,10,13H,6-9,11-12H2,1H3. The van der Waals surface area contributed by atoms with Crippen molar-refractivity contribution in [1.29, 1.82) is 0 Å². The van der Waals surface area contributed by atoms with Gasteiger partial charge in [0.1, 0.15) is 11.6 Å². The van der Waals surface area contributed by atoms with Crippen molar-refractivity contribution in [1.82, 2.24) is 9.80 Å². The summed E-state index contributed by atoms with van der Waals surface area (Å²) < 4.78 is 24.8. The summed E-state index contributed by atoms with van der Waals surface area (Å²) >= 11 is 0. The third-order valence-corrected chi connectivity index (χ3v) is 5.42. The molecule has 2 heterocycles. The van der Waals surface area contributed by atoms with Gasteiger partial charge < -0.3 is 19.0 Å². The van der Waals surface area contributed by atoms with Crippen LogP contribution in [0.3, 0.4) is 0 Å². The van der Waals surface area contributed by atoms with Crippen LogP contribution in [-0.4, -0.2) is 60.2 Å². The maximum atomic E-state index is 14.1. The van der Waals surface area contributed by atoms with E-state index in [0.29, 0.717) is 31.7 Å². The second kappa shape index (κ2) is 7.69. The summed E-state index contributed by atoms with van der Waals surface area (Å²) in [7, 11) is 0. The van der Waals surface area contributed by atoms with Crippen molar-refractivity contribution < 1.29 is 27.9 Å². The molecule has 29 heavy (non-hydrogen) atoms. The van der Waals surface area contributed by atoms with Crippen LogP contribution in [0.25, 0.3) is 0 Å². The van der Waals surface area contributed by atoms with E-state index in [2.05, 4.69) is 0 Å². The van der Waals surface area contributed by atoms with Gasteiger partial charge in [0.25, 0.3) is 11.8 Å². The van der Waals surface area contributed by atoms with Crippen molar-refractivity contribution in [2.24, 2.45) is 0 Å². The Labute approximate surface area is 167 Å². The molecule has 152 valence electrons. The van der Waals surface area contributed by atoms with E-state index in [9.17, 15) is 18.8 Å². The van der Waals surface area contributed by atoms with Gasteiger partial charge in [0.2, 0.25) is 0 Å².